The normalized spacial score (nSPS) is 22.1. The summed E-state index contributed by atoms with van der Waals surface area (Å²) in [4.78, 5) is 18.0. The van der Waals surface area contributed by atoms with Gasteiger partial charge in [-0.05, 0) is 49.1 Å². The number of hydrogen-bond acceptors (Lipinski definition) is 6. The van der Waals surface area contributed by atoms with Gasteiger partial charge in [-0.2, -0.15) is 0 Å². The lowest BCUT2D eigenvalue weighted by Crippen LogP contribution is -2.49. The third-order valence-electron chi connectivity index (χ3n) is 5.92. The molecule has 1 heterocycles. The van der Waals surface area contributed by atoms with Gasteiger partial charge in [-0.3, -0.25) is 4.79 Å². The molecule has 168 valence electrons. The highest BCUT2D eigenvalue weighted by atomic mass is 32.1. The Morgan fingerprint density at radius 2 is 2.00 bits per heavy atom. The van der Waals surface area contributed by atoms with Gasteiger partial charge in [0, 0.05) is 36.2 Å². The third kappa shape index (κ3) is 6.30. The predicted molar refractivity (Wildman–Crippen MR) is 130 cm³/mol. The molecular weight excluding hydrogens is 394 g/mol. The summed E-state index contributed by atoms with van der Waals surface area (Å²) in [6.07, 6.45) is 2.89. The van der Waals surface area contributed by atoms with Crippen LogP contribution < -0.4 is 21.7 Å². The maximum Gasteiger partial charge on any atom is 0.268 e. The lowest BCUT2D eigenvalue weighted by molar-refractivity contribution is -0.119. The number of carbonyl (C=O) groups excluding carboxylic acids is 1. The van der Waals surface area contributed by atoms with Crippen LogP contribution in [-0.4, -0.2) is 30.5 Å². The summed E-state index contributed by atoms with van der Waals surface area (Å²) >= 11 is 4.21. The maximum atomic E-state index is 12.5. The molecular formula is C23H39N5OS. The van der Waals surface area contributed by atoms with Crippen molar-refractivity contribution >= 4 is 30.0 Å². The number of pyridine rings is 1. The first-order valence-electron chi connectivity index (χ1n) is 10.7. The minimum Gasteiger partial charge on any atom is -0.394 e. The minimum atomic E-state index is -0.244. The van der Waals surface area contributed by atoms with Crippen LogP contribution in [0.1, 0.15) is 72.4 Å². The van der Waals surface area contributed by atoms with Gasteiger partial charge in [0.05, 0.1) is 5.69 Å². The zero-order chi connectivity index (χ0) is 22.7. The zero-order valence-corrected chi connectivity index (χ0v) is 20.4. The molecule has 5 N–H and O–H groups in total. The lowest BCUT2D eigenvalue weighted by atomic mass is 9.68. The van der Waals surface area contributed by atoms with E-state index in [0.29, 0.717) is 4.91 Å². The molecule has 0 radical (unpaired) electrons. The van der Waals surface area contributed by atoms with Crippen LogP contribution in [0.25, 0.3) is 0 Å². The molecule has 1 fully saturated rings. The number of carbonyl (C=O) groups is 1. The first-order chi connectivity index (χ1) is 13.8. The second-order valence-corrected chi connectivity index (χ2v) is 11.0. The van der Waals surface area contributed by atoms with E-state index in [-0.39, 0.29) is 34.4 Å². The number of thiol groups is 1. The number of rotatable bonds is 6. The van der Waals surface area contributed by atoms with Gasteiger partial charge in [-0.15, -0.1) is 12.6 Å². The number of nitrogens with zero attached hydrogens (tertiary/aromatic N) is 1. The molecule has 7 heteroatoms. The van der Waals surface area contributed by atoms with E-state index >= 15 is 0 Å². The maximum absolute atomic E-state index is 12.5. The molecule has 2 unspecified atom stereocenters. The van der Waals surface area contributed by atoms with Crippen molar-refractivity contribution in [1.82, 2.24) is 10.3 Å². The Morgan fingerprint density at radius 1 is 1.33 bits per heavy atom. The van der Waals surface area contributed by atoms with Gasteiger partial charge < -0.3 is 21.7 Å². The van der Waals surface area contributed by atoms with E-state index in [2.05, 4.69) is 75.3 Å². The molecule has 1 aliphatic carbocycles. The van der Waals surface area contributed by atoms with Crippen molar-refractivity contribution in [1.29, 1.82) is 0 Å². The summed E-state index contributed by atoms with van der Waals surface area (Å²) < 4.78 is 0. The number of amides is 1. The smallest absolute Gasteiger partial charge is 0.268 e. The van der Waals surface area contributed by atoms with Crippen molar-refractivity contribution in [3.63, 3.8) is 0 Å². The average molecular weight is 434 g/mol. The highest BCUT2D eigenvalue weighted by molar-refractivity contribution is 7.84. The first-order valence-corrected chi connectivity index (χ1v) is 11.2. The van der Waals surface area contributed by atoms with Gasteiger partial charge in [0.25, 0.3) is 5.91 Å². The molecule has 1 aromatic rings. The zero-order valence-electron chi connectivity index (χ0n) is 19.5. The van der Waals surface area contributed by atoms with E-state index < -0.39 is 0 Å². The van der Waals surface area contributed by atoms with Gasteiger partial charge in [0.1, 0.15) is 11.5 Å². The van der Waals surface area contributed by atoms with Crippen LogP contribution in [0.5, 0.6) is 0 Å². The summed E-state index contributed by atoms with van der Waals surface area (Å²) in [6.45, 7) is 13.6. The van der Waals surface area contributed by atoms with E-state index in [1.165, 1.54) is 0 Å². The molecule has 1 saturated carbocycles. The van der Waals surface area contributed by atoms with Crippen LogP contribution in [0.4, 0.5) is 11.5 Å². The Hall–Kier alpha value is -1.89. The van der Waals surface area contributed by atoms with Gasteiger partial charge in [-0.1, -0.05) is 34.6 Å². The van der Waals surface area contributed by atoms with Crippen LogP contribution in [0, 0.1) is 10.8 Å². The molecule has 0 bridgehead atoms. The van der Waals surface area contributed by atoms with Crippen molar-refractivity contribution in [3.8, 4) is 0 Å². The van der Waals surface area contributed by atoms with Crippen LogP contribution in [0.3, 0.4) is 0 Å². The lowest BCUT2D eigenvalue weighted by Gasteiger charge is -2.42. The number of anilines is 2. The summed E-state index contributed by atoms with van der Waals surface area (Å²) in [7, 11) is 1.90. The van der Waals surface area contributed by atoms with E-state index in [9.17, 15) is 4.79 Å². The van der Waals surface area contributed by atoms with E-state index in [1.54, 1.807) is 6.92 Å². The number of hydrogen-bond donors (Lipinski definition) is 5. The monoisotopic (exact) mass is 433 g/mol. The highest BCUT2D eigenvalue weighted by Crippen LogP contribution is 2.43. The van der Waals surface area contributed by atoms with E-state index in [4.69, 9.17) is 10.7 Å². The molecule has 2 rings (SSSR count). The predicted octanol–water partition coefficient (Wildman–Crippen LogP) is 4.48. The Bertz CT molecular complexity index is 793. The standard InChI is InChI=1S/C23H39N5OS/c1-14(30)19(24)21(29)28-18-12-15(10-11-23(18,5)6)16-8-9-17(20(25-7)27-16)26-13-22(2,3)4/h8-9,15,18,26,30H,10-13,24H2,1-7H3,(H,25,27)(H,28,29)/b19-14-. The number of nitrogens with one attached hydrogen (secondary N) is 3. The first kappa shape index (κ1) is 24.4. The Kier molecular flexibility index (Phi) is 7.72. The van der Waals surface area contributed by atoms with E-state index in [1.807, 2.05) is 7.05 Å². The minimum absolute atomic E-state index is 0.00299. The van der Waals surface area contributed by atoms with Crippen molar-refractivity contribution in [2.24, 2.45) is 16.6 Å². The van der Waals surface area contributed by atoms with Crippen LogP contribution in [-0.2, 0) is 4.79 Å². The van der Waals surface area contributed by atoms with Gasteiger partial charge in [0.2, 0.25) is 0 Å². The van der Waals surface area contributed by atoms with Gasteiger partial charge in [0.15, 0.2) is 0 Å². The Morgan fingerprint density at radius 3 is 2.57 bits per heavy atom. The summed E-state index contributed by atoms with van der Waals surface area (Å²) in [5.41, 5.74) is 8.33. The molecule has 6 nitrogen and oxygen atoms in total. The van der Waals surface area contributed by atoms with Crippen molar-refractivity contribution < 1.29 is 4.79 Å². The summed E-state index contributed by atoms with van der Waals surface area (Å²) in [5.74, 6) is 0.904. The van der Waals surface area contributed by atoms with Crippen LogP contribution in [0.2, 0.25) is 0 Å². The van der Waals surface area contributed by atoms with Crippen molar-refractivity contribution in [2.45, 2.75) is 72.8 Å². The number of nitrogens with two attached hydrogens (primary N) is 1. The molecule has 1 aromatic heterocycles. The molecule has 0 saturated heterocycles. The van der Waals surface area contributed by atoms with Crippen molar-refractivity contribution in [3.05, 3.63) is 28.4 Å². The topological polar surface area (TPSA) is 92.1 Å². The van der Waals surface area contributed by atoms with Crippen molar-refractivity contribution in [2.75, 3.05) is 24.2 Å². The van der Waals surface area contributed by atoms with Crippen LogP contribution >= 0.6 is 12.6 Å². The second kappa shape index (κ2) is 9.50. The van der Waals surface area contributed by atoms with E-state index in [0.717, 1.165) is 43.0 Å². The largest absolute Gasteiger partial charge is 0.394 e. The molecule has 0 spiro atoms. The summed E-state index contributed by atoms with van der Waals surface area (Å²) in [6, 6.07) is 4.24. The van der Waals surface area contributed by atoms with Crippen LogP contribution in [0.15, 0.2) is 22.7 Å². The fourth-order valence-corrected chi connectivity index (χ4v) is 3.86. The molecule has 1 aliphatic rings. The van der Waals surface area contributed by atoms with Gasteiger partial charge >= 0.3 is 0 Å². The number of allylic oxidation sites excluding steroid dienone is 1. The molecule has 0 aromatic carbocycles. The SMILES string of the molecule is CNc1nc(C2CCC(C)(C)C(NC(=O)/C(N)=C(\C)S)C2)ccc1NCC(C)(C)C. The molecule has 1 amide bonds. The Labute approximate surface area is 187 Å². The highest BCUT2D eigenvalue weighted by Gasteiger charge is 2.38. The Balaban J connectivity index is 2.19. The second-order valence-electron chi connectivity index (χ2n) is 10.3. The molecule has 0 aliphatic heterocycles. The molecule has 2 atom stereocenters. The molecule has 30 heavy (non-hydrogen) atoms. The summed E-state index contributed by atoms with van der Waals surface area (Å²) in [5, 5.41) is 9.86. The third-order valence-corrected chi connectivity index (χ3v) is 6.16. The van der Waals surface area contributed by atoms with Gasteiger partial charge in [-0.25, -0.2) is 4.98 Å². The average Bonchev–Trinajstić information content (AvgIpc) is 2.66. The fourth-order valence-electron chi connectivity index (χ4n) is 3.76. The fraction of sp³-hybridized carbons (Fsp3) is 0.652. The number of aromatic nitrogens is 1. The quantitative estimate of drug-likeness (QED) is 0.337.